The topological polar surface area (TPSA) is 79.0 Å². The van der Waals surface area contributed by atoms with Crippen molar-refractivity contribution in [1.29, 1.82) is 0 Å². The van der Waals surface area contributed by atoms with E-state index in [-0.39, 0.29) is 12.5 Å². The monoisotopic (exact) mass is 535 g/mol. The standard InChI is InChI=1S/C30H37N3O4S/c1-3-37-29-17-15-28(16-18-29)33(38(2,35)36)22-24-11-13-25(14-12-24)30(34)31-21-26-9-5-6-10-27(26)23-32-19-7-4-8-20-32/h5-6,9-18H,3-4,7-8,19-23H2,1-2H3,(H,31,34). The summed E-state index contributed by atoms with van der Waals surface area (Å²) in [5.41, 5.74) is 4.25. The minimum absolute atomic E-state index is 0.157. The van der Waals surface area contributed by atoms with Gasteiger partial charge < -0.3 is 10.1 Å². The number of nitrogens with one attached hydrogen (secondary N) is 1. The predicted molar refractivity (Wildman–Crippen MR) is 152 cm³/mol. The third-order valence-electron chi connectivity index (χ3n) is 6.78. The normalized spacial score (nSPS) is 14.2. The van der Waals surface area contributed by atoms with Crippen molar-refractivity contribution in [3.8, 4) is 5.75 Å². The smallest absolute Gasteiger partial charge is 0.251 e. The van der Waals surface area contributed by atoms with Crippen LogP contribution in [0.5, 0.6) is 5.75 Å². The van der Waals surface area contributed by atoms with Crippen LogP contribution in [0.25, 0.3) is 0 Å². The molecule has 3 aromatic carbocycles. The molecule has 4 rings (SSSR count). The van der Waals surface area contributed by atoms with Gasteiger partial charge in [0.05, 0.1) is 25.1 Å². The molecule has 1 amide bonds. The van der Waals surface area contributed by atoms with E-state index in [4.69, 9.17) is 4.74 Å². The highest BCUT2D eigenvalue weighted by Gasteiger charge is 2.19. The number of ether oxygens (including phenoxy) is 1. The first-order valence-electron chi connectivity index (χ1n) is 13.2. The Bertz CT molecular complexity index is 1300. The number of carbonyl (C=O) groups excluding carboxylic acids is 1. The number of piperidine rings is 1. The van der Waals surface area contributed by atoms with Crippen molar-refractivity contribution in [3.63, 3.8) is 0 Å². The Balaban J connectivity index is 1.38. The molecule has 0 saturated carbocycles. The van der Waals surface area contributed by atoms with Crippen molar-refractivity contribution in [2.75, 3.05) is 30.3 Å². The summed E-state index contributed by atoms with van der Waals surface area (Å²) >= 11 is 0. The number of hydrogen-bond acceptors (Lipinski definition) is 5. The fourth-order valence-corrected chi connectivity index (χ4v) is 5.61. The van der Waals surface area contributed by atoms with Crippen molar-refractivity contribution in [2.45, 2.75) is 45.8 Å². The maximum absolute atomic E-state index is 12.9. The molecule has 1 aliphatic rings. The zero-order chi connectivity index (χ0) is 27.0. The van der Waals surface area contributed by atoms with E-state index in [9.17, 15) is 13.2 Å². The number of benzene rings is 3. The Morgan fingerprint density at radius 1 is 0.921 bits per heavy atom. The van der Waals surface area contributed by atoms with E-state index in [0.29, 0.717) is 30.2 Å². The SMILES string of the molecule is CCOc1ccc(N(Cc2ccc(C(=O)NCc3ccccc3CN3CCCCC3)cc2)S(C)(=O)=O)cc1. The van der Waals surface area contributed by atoms with Gasteiger partial charge in [-0.3, -0.25) is 14.0 Å². The van der Waals surface area contributed by atoms with Crippen molar-refractivity contribution in [1.82, 2.24) is 10.2 Å². The molecule has 0 aromatic heterocycles. The van der Waals surface area contributed by atoms with Gasteiger partial charge in [-0.1, -0.05) is 42.8 Å². The third-order valence-corrected chi connectivity index (χ3v) is 7.92. The lowest BCUT2D eigenvalue weighted by Gasteiger charge is -2.27. The van der Waals surface area contributed by atoms with Crippen molar-refractivity contribution in [2.24, 2.45) is 0 Å². The molecule has 7 nitrogen and oxygen atoms in total. The van der Waals surface area contributed by atoms with Gasteiger partial charge in [-0.15, -0.1) is 0 Å². The zero-order valence-corrected chi connectivity index (χ0v) is 23.0. The van der Waals surface area contributed by atoms with Crippen LogP contribution in [0.4, 0.5) is 5.69 Å². The van der Waals surface area contributed by atoms with Crippen molar-refractivity contribution < 1.29 is 17.9 Å². The molecule has 8 heteroatoms. The van der Waals surface area contributed by atoms with E-state index >= 15 is 0 Å². The Morgan fingerprint density at radius 3 is 2.21 bits per heavy atom. The Kier molecular flexibility index (Phi) is 9.42. The molecular weight excluding hydrogens is 498 g/mol. The van der Waals surface area contributed by atoms with Gasteiger partial charge in [-0.25, -0.2) is 8.42 Å². The second-order valence-electron chi connectivity index (χ2n) is 9.68. The number of likely N-dealkylation sites (tertiary alicyclic amines) is 1. The average Bonchev–Trinajstić information content (AvgIpc) is 2.92. The summed E-state index contributed by atoms with van der Waals surface area (Å²) in [6, 6.07) is 22.3. The molecule has 0 bridgehead atoms. The van der Waals surface area contributed by atoms with E-state index in [1.807, 2.05) is 13.0 Å². The van der Waals surface area contributed by atoms with E-state index in [1.54, 1.807) is 48.5 Å². The van der Waals surface area contributed by atoms with Crippen LogP contribution in [-0.2, 0) is 29.7 Å². The molecule has 0 spiro atoms. The highest BCUT2D eigenvalue weighted by atomic mass is 32.2. The van der Waals surface area contributed by atoms with Crippen molar-refractivity contribution >= 4 is 21.6 Å². The van der Waals surface area contributed by atoms with E-state index < -0.39 is 10.0 Å². The number of carbonyl (C=O) groups is 1. The number of sulfonamides is 1. The Hall–Kier alpha value is -3.36. The van der Waals surface area contributed by atoms with Crippen LogP contribution in [0.1, 0.15) is 53.2 Å². The van der Waals surface area contributed by atoms with Crippen molar-refractivity contribution in [3.05, 3.63) is 95.1 Å². The quantitative estimate of drug-likeness (QED) is 0.375. The molecular formula is C30H37N3O4S. The molecule has 3 aromatic rings. The van der Waals surface area contributed by atoms with E-state index in [1.165, 1.54) is 35.4 Å². The summed E-state index contributed by atoms with van der Waals surface area (Å²) in [7, 11) is -3.51. The third kappa shape index (κ3) is 7.58. The van der Waals surface area contributed by atoms with Gasteiger partial charge in [0.2, 0.25) is 10.0 Å². The molecule has 1 N–H and O–H groups in total. The summed E-state index contributed by atoms with van der Waals surface area (Å²) in [5, 5.41) is 3.04. The van der Waals surface area contributed by atoms with Gasteiger partial charge in [0, 0.05) is 18.7 Å². The Morgan fingerprint density at radius 2 is 1.58 bits per heavy atom. The number of rotatable bonds is 11. The van der Waals surface area contributed by atoms with Gasteiger partial charge >= 0.3 is 0 Å². The highest BCUT2D eigenvalue weighted by Crippen LogP contribution is 2.24. The highest BCUT2D eigenvalue weighted by molar-refractivity contribution is 7.92. The lowest BCUT2D eigenvalue weighted by Crippen LogP contribution is -2.30. The summed E-state index contributed by atoms with van der Waals surface area (Å²) in [4.78, 5) is 15.4. The van der Waals surface area contributed by atoms with Gasteiger partial charge in [0.1, 0.15) is 5.75 Å². The summed E-state index contributed by atoms with van der Waals surface area (Å²) < 4.78 is 31.9. The van der Waals surface area contributed by atoms with Crippen LogP contribution in [0, 0.1) is 0 Å². The summed E-state index contributed by atoms with van der Waals surface area (Å²) in [6.07, 6.45) is 4.99. The first-order chi connectivity index (χ1) is 18.3. The molecule has 1 fully saturated rings. The molecule has 0 radical (unpaired) electrons. The lowest BCUT2D eigenvalue weighted by atomic mass is 10.0. The minimum Gasteiger partial charge on any atom is -0.494 e. The van der Waals surface area contributed by atoms with E-state index in [2.05, 4.69) is 28.4 Å². The van der Waals surface area contributed by atoms with Crippen LogP contribution < -0.4 is 14.4 Å². The molecule has 0 atom stereocenters. The maximum atomic E-state index is 12.9. The first-order valence-corrected chi connectivity index (χ1v) is 15.0. The lowest BCUT2D eigenvalue weighted by molar-refractivity contribution is 0.0950. The fourth-order valence-electron chi connectivity index (χ4n) is 4.72. The molecule has 0 unspecified atom stereocenters. The van der Waals surface area contributed by atoms with Gasteiger partial charge in [0.15, 0.2) is 0 Å². The number of amides is 1. The number of hydrogen-bond donors (Lipinski definition) is 1. The number of anilines is 1. The molecule has 1 heterocycles. The molecule has 0 aliphatic carbocycles. The first kappa shape index (κ1) is 27.7. The van der Waals surface area contributed by atoms with Crippen LogP contribution in [0.15, 0.2) is 72.8 Å². The molecule has 1 saturated heterocycles. The van der Waals surface area contributed by atoms with Crippen LogP contribution in [-0.4, -0.2) is 45.2 Å². The Labute approximate surface area is 226 Å². The van der Waals surface area contributed by atoms with E-state index in [0.717, 1.165) is 30.8 Å². The second kappa shape index (κ2) is 12.9. The largest absolute Gasteiger partial charge is 0.494 e. The number of nitrogens with zero attached hydrogens (tertiary/aromatic N) is 2. The summed E-state index contributed by atoms with van der Waals surface area (Å²) in [6.45, 7) is 6.23. The van der Waals surface area contributed by atoms with Gasteiger partial charge in [-0.2, -0.15) is 0 Å². The van der Waals surface area contributed by atoms with Gasteiger partial charge in [0.25, 0.3) is 5.91 Å². The minimum atomic E-state index is -3.51. The van der Waals surface area contributed by atoms with Crippen LogP contribution >= 0.6 is 0 Å². The maximum Gasteiger partial charge on any atom is 0.251 e. The second-order valence-corrected chi connectivity index (χ2v) is 11.6. The molecule has 38 heavy (non-hydrogen) atoms. The van der Waals surface area contributed by atoms with Gasteiger partial charge in [-0.05, 0) is 85.9 Å². The molecule has 202 valence electrons. The predicted octanol–water partition coefficient (Wildman–Crippen LogP) is 4.97. The zero-order valence-electron chi connectivity index (χ0n) is 22.2. The van der Waals surface area contributed by atoms with Crippen LogP contribution in [0.2, 0.25) is 0 Å². The van der Waals surface area contributed by atoms with Crippen LogP contribution in [0.3, 0.4) is 0 Å². The molecule has 1 aliphatic heterocycles. The fraction of sp³-hybridized carbons (Fsp3) is 0.367. The summed E-state index contributed by atoms with van der Waals surface area (Å²) in [5.74, 6) is 0.532. The average molecular weight is 536 g/mol.